The van der Waals surface area contributed by atoms with Gasteiger partial charge in [-0.3, -0.25) is 4.72 Å². The number of hydrogen-bond acceptors (Lipinski definition) is 7. The van der Waals surface area contributed by atoms with Crippen molar-refractivity contribution < 1.29 is 31.8 Å². The zero-order chi connectivity index (χ0) is 19.5. The van der Waals surface area contributed by atoms with Gasteiger partial charge in [-0.05, 0) is 12.1 Å². The van der Waals surface area contributed by atoms with Gasteiger partial charge in [0.05, 0.1) is 26.0 Å². The summed E-state index contributed by atoms with van der Waals surface area (Å²) in [6.45, 7) is 0. The maximum absolute atomic E-state index is 12.6. The van der Waals surface area contributed by atoms with E-state index in [1.165, 1.54) is 38.5 Å². The molecule has 1 heterocycles. The summed E-state index contributed by atoms with van der Waals surface area (Å²) in [5, 5.41) is 10.5. The number of rotatable bonds is 7. The first kappa shape index (κ1) is 20.1. The molecule has 0 aliphatic rings. The Morgan fingerprint density at radius 2 is 1.77 bits per heavy atom. The second-order valence-electron chi connectivity index (χ2n) is 4.82. The lowest BCUT2D eigenvalue weighted by Crippen LogP contribution is -2.22. The first-order valence-corrected chi connectivity index (χ1v) is 8.85. The number of aliphatic hydroxyl groups is 1. The molecule has 1 unspecified atom stereocenters. The van der Waals surface area contributed by atoms with Crippen LogP contribution in [0.1, 0.15) is 17.5 Å². The summed E-state index contributed by atoms with van der Waals surface area (Å²) in [5.74, 6) is -3.77. The highest BCUT2D eigenvalue weighted by molar-refractivity contribution is 7.93. The predicted octanol–water partition coefficient (Wildman–Crippen LogP) is 2.19. The third-order valence-corrected chi connectivity index (χ3v) is 4.48. The number of benzene rings is 1. The van der Waals surface area contributed by atoms with Crippen LogP contribution in [0.3, 0.4) is 0 Å². The van der Waals surface area contributed by atoms with E-state index in [1.54, 1.807) is 4.72 Å². The number of sulfonamides is 1. The number of halogens is 3. The molecule has 12 heteroatoms. The van der Waals surface area contributed by atoms with Crippen LogP contribution in [-0.2, 0) is 10.0 Å². The highest BCUT2D eigenvalue weighted by Crippen LogP contribution is 2.35. The van der Waals surface area contributed by atoms with Crippen molar-refractivity contribution in [2.75, 3.05) is 18.9 Å². The maximum atomic E-state index is 12.6. The molecule has 0 amide bonds. The molecule has 1 atom stereocenters. The van der Waals surface area contributed by atoms with E-state index in [2.05, 4.69) is 9.97 Å². The monoisotopic (exact) mass is 409 g/mol. The minimum atomic E-state index is -4.98. The third-order valence-electron chi connectivity index (χ3n) is 3.17. The van der Waals surface area contributed by atoms with Crippen molar-refractivity contribution in [3.05, 3.63) is 40.7 Å². The standard InChI is InChI=1S/C14H14ClF2N3O5S/c1-24-9-6-10(25-2)19-13(18-9)12(21)11-7(15)4-3-5-8(11)20-26(22,23)14(16)17/h3-6,12,14,20-21H,1-2H3. The summed E-state index contributed by atoms with van der Waals surface area (Å²) >= 11 is 6.03. The SMILES string of the molecule is COc1cc(OC)nc(C(O)c2c(Cl)cccc2NS(=O)(=O)C(F)F)n1. The summed E-state index contributed by atoms with van der Waals surface area (Å²) in [4.78, 5) is 7.89. The molecule has 0 spiro atoms. The second kappa shape index (κ2) is 7.98. The topological polar surface area (TPSA) is 111 Å². The largest absolute Gasteiger partial charge is 0.481 e. The molecule has 0 saturated heterocycles. The molecule has 0 aliphatic heterocycles. The van der Waals surface area contributed by atoms with Crippen molar-refractivity contribution in [3.8, 4) is 11.8 Å². The molecular weight excluding hydrogens is 396 g/mol. The molecule has 0 saturated carbocycles. The van der Waals surface area contributed by atoms with Crippen LogP contribution in [0.4, 0.5) is 14.5 Å². The van der Waals surface area contributed by atoms with Gasteiger partial charge in [0.1, 0.15) is 6.10 Å². The van der Waals surface area contributed by atoms with Crippen LogP contribution < -0.4 is 14.2 Å². The fourth-order valence-corrected chi connectivity index (χ4v) is 2.83. The lowest BCUT2D eigenvalue weighted by molar-refractivity contribution is 0.206. The van der Waals surface area contributed by atoms with Crippen LogP contribution in [0.15, 0.2) is 24.3 Å². The summed E-state index contributed by atoms with van der Waals surface area (Å²) in [5.41, 5.74) is -0.538. The van der Waals surface area contributed by atoms with E-state index in [4.69, 9.17) is 21.1 Å². The van der Waals surface area contributed by atoms with Crippen molar-refractivity contribution in [1.82, 2.24) is 9.97 Å². The maximum Gasteiger partial charge on any atom is 0.355 e. The van der Waals surface area contributed by atoms with Crippen molar-refractivity contribution in [2.45, 2.75) is 11.9 Å². The van der Waals surface area contributed by atoms with Gasteiger partial charge < -0.3 is 14.6 Å². The van der Waals surface area contributed by atoms with Crippen LogP contribution in [-0.4, -0.2) is 43.5 Å². The Morgan fingerprint density at radius 3 is 2.27 bits per heavy atom. The Labute approximate surface area is 152 Å². The number of anilines is 1. The van der Waals surface area contributed by atoms with Gasteiger partial charge >= 0.3 is 5.76 Å². The summed E-state index contributed by atoms with van der Waals surface area (Å²) < 4.78 is 59.9. The fourth-order valence-electron chi connectivity index (χ4n) is 1.98. The number of nitrogens with one attached hydrogen (secondary N) is 1. The van der Waals surface area contributed by atoms with Gasteiger partial charge in [-0.15, -0.1) is 0 Å². The molecule has 2 aromatic rings. The number of ether oxygens (including phenoxy) is 2. The molecule has 0 fully saturated rings. The smallest absolute Gasteiger partial charge is 0.355 e. The number of hydrogen-bond donors (Lipinski definition) is 2. The van der Waals surface area contributed by atoms with Gasteiger partial charge in [0.15, 0.2) is 5.82 Å². The van der Waals surface area contributed by atoms with E-state index >= 15 is 0 Å². The summed E-state index contributed by atoms with van der Waals surface area (Å²) in [6, 6.07) is 5.19. The fraction of sp³-hybridized carbons (Fsp3) is 0.286. The van der Waals surface area contributed by atoms with Crippen LogP contribution in [0.5, 0.6) is 11.8 Å². The van der Waals surface area contributed by atoms with Gasteiger partial charge in [-0.2, -0.15) is 18.7 Å². The molecule has 1 aromatic carbocycles. The molecule has 0 bridgehead atoms. The first-order chi connectivity index (χ1) is 12.2. The Kier molecular flexibility index (Phi) is 6.16. The van der Waals surface area contributed by atoms with Crippen LogP contribution in [0, 0.1) is 0 Å². The van der Waals surface area contributed by atoms with Gasteiger partial charge in [-0.1, -0.05) is 17.7 Å². The number of alkyl halides is 2. The number of nitrogens with zero attached hydrogens (tertiary/aromatic N) is 2. The van der Waals surface area contributed by atoms with E-state index in [9.17, 15) is 22.3 Å². The Bertz CT molecular complexity index is 876. The Balaban J connectivity index is 2.54. The highest BCUT2D eigenvalue weighted by atomic mass is 35.5. The van der Waals surface area contributed by atoms with E-state index in [0.717, 1.165) is 0 Å². The average molecular weight is 410 g/mol. The van der Waals surface area contributed by atoms with E-state index in [-0.39, 0.29) is 33.9 Å². The minimum Gasteiger partial charge on any atom is -0.481 e. The molecule has 26 heavy (non-hydrogen) atoms. The van der Waals surface area contributed by atoms with Gasteiger partial charge in [0.2, 0.25) is 11.8 Å². The lowest BCUT2D eigenvalue weighted by Gasteiger charge is -2.18. The zero-order valence-electron chi connectivity index (χ0n) is 13.5. The van der Waals surface area contributed by atoms with E-state index in [0.29, 0.717) is 0 Å². The van der Waals surface area contributed by atoms with Crippen molar-refractivity contribution in [1.29, 1.82) is 0 Å². The van der Waals surface area contributed by atoms with Crippen LogP contribution in [0.25, 0.3) is 0 Å². The molecular formula is C14H14ClF2N3O5S. The van der Waals surface area contributed by atoms with Crippen molar-refractivity contribution >= 4 is 27.3 Å². The Hall–Kier alpha value is -2.24. The average Bonchev–Trinajstić information content (AvgIpc) is 2.60. The first-order valence-electron chi connectivity index (χ1n) is 6.92. The molecule has 1 aromatic heterocycles. The third kappa shape index (κ3) is 4.29. The van der Waals surface area contributed by atoms with E-state index in [1.807, 2.05) is 0 Å². The van der Waals surface area contributed by atoms with E-state index < -0.39 is 21.9 Å². The van der Waals surface area contributed by atoms with Crippen molar-refractivity contribution in [2.24, 2.45) is 0 Å². The zero-order valence-corrected chi connectivity index (χ0v) is 15.1. The number of aliphatic hydroxyl groups excluding tert-OH is 1. The predicted molar refractivity (Wildman–Crippen MR) is 89.2 cm³/mol. The minimum absolute atomic E-state index is 0.0627. The van der Waals surface area contributed by atoms with Gasteiger partial charge in [0.25, 0.3) is 10.0 Å². The molecule has 2 rings (SSSR count). The number of methoxy groups -OCH3 is 2. The van der Waals surface area contributed by atoms with Crippen LogP contribution in [0.2, 0.25) is 5.02 Å². The summed E-state index contributed by atoms with van der Waals surface area (Å²) in [7, 11) is -2.32. The van der Waals surface area contributed by atoms with Crippen LogP contribution >= 0.6 is 11.6 Å². The van der Waals surface area contributed by atoms with Gasteiger partial charge in [-0.25, -0.2) is 8.42 Å². The molecule has 2 N–H and O–H groups in total. The molecule has 0 radical (unpaired) electrons. The summed E-state index contributed by atoms with van der Waals surface area (Å²) in [6.07, 6.45) is -1.65. The molecule has 0 aliphatic carbocycles. The normalized spacial score (nSPS) is 12.7. The van der Waals surface area contributed by atoms with Gasteiger partial charge in [0, 0.05) is 10.6 Å². The lowest BCUT2D eigenvalue weighted by atomic mass is 10.1. The molecule has 142 valence electrons. The number of aromatic nitrogens is 2. The highest BCUT2D eigenvalue weighted by Gasteiger charge is 2.28. The molecule has 8 nitrogen and oxygen atoms in total. The quantitative estimate of drug-likeness (QED) is 0.721. The second-order valence-corrected chi connectivity index (χ2v) is 6.88. The van der Waals surface area contributed by atoms with Crippen molar-refractivity contribution in [3.63, 3.8) is 0 Å². The Morgan fingerprint density at radius 1 is 1.19 bits per heavy atom.